The summed E-state index contributed by atoms with van der Waals surface area (Å²) in [6, 6.07) is 18.4. The number of hydrogen-bond acceptors (Lipinski definition) is 3. The number of hydrogen-bond donors (Lipinski definition) is 1. The van der Waals surface area contributed by atoms with Crippen LogP contribution < -0.4 is 5.32 Å². The summed E-state index contributed by atoms with van der Waals surface area (Å²) in [6.07, 6.45) is 0.346. The highest BCUT2D eigenvalue weighted by atomic mass is 79.9. The molecule has 3 rings (SSSR count). The average molecular weight is 491 g/mol. The number of rotatable bonds is 5. The SMILES string of the molecule is COC(=O)[C@H](Cc1ccc2ccccc2c1)NC(=O)c1cc(Br)cc(Br)c1. The lowest BCUT2D eigenvalue weighted by Gasteiger charge is -2.17. The number of carbonyl (C=O) groups excluding carboxylic acids is 2. The predicted octanol–water partition coefficient (Wildman–Crippen LogP) is 4.88. The first kappa shape index (κ1) is 19.6. The highest BCUT2D eigenvalue weighted by Gasteiger charge is 2.23. The van der Waals surface area contributed by atoms with Crippen LogP contribution in [0.2, 0.25) is 0 Å². The molecular formula is C21H17Br2NO3. The van der Waals surface area contributed by atoms with Crippen molar-refractivity contribution in [1.82, 2.24) is 5.32 Å². The Morgan fingerprint density at radius 1 is 0.963 bits per heavy atom. The van der Waals surface area contributed by atoms with Crippen LogP contribution in [0.3, 0.4) is 0 Å². The van der Waals surface area contributed by atoms with Gasteiger partial charge in [-0.3, -0.25) is 4.79 Å². The summed E-state index contributed by atoms with van der Waals surface area (Å²) in [4.78, 5) is 24.8. The third kappa shape index (κ3) is 4.96. The van der Waals surface area contributed by atoms with Crippen LogP contribution in [0.1, 0.15) is 15.9 Å². The molecule has 0 aliphatic rings. The number of carbonyl (C=O) groups is 2. The summed E-state index contributed by atoms with van der Waals surface area (Å²) in [5, 5.41) is 4.99. The number of methoxy groups -OCH3 is 1. The van der Waals surface area contributed by atoms with E-state index in [0.717, 1.165) is 25.3 Å². The van der Waals surface area contributed by atoms with Crippen LogP contribution in [0.5, 0.6) is 0 Å². The Hall–Kier alpha value is -2.18. The van der Waals surface area contributed by atoms with E-state index in [0.29, 0.717) is 12.0 Å². The average Bonchev–Trinajstić information content (AvgIpc) is 2.66. The maximum Gasteiger partial charge on any atom is 0.328 e. The Labute approximate surface area is 174 Å². The van der Waals surface area contributed by atoms with Gasteiger partial charge in [0, 0.05) is 20.9 Å². The first-order valence-corrected chi connectivity index (χ1v) is 9.87. The molecular weight excluding hydrogens is 474 g/mol. The van der Waals surface area contributed by atoms with E-state index in [2.05, 4.69) is 37.2 Å². The van der Waals surface area contributed by atoms with Crippen molar-refractivity contribution in [1.29, 1.82) is 0 Å². The minimum absolute atomic E-state index is 0.340. The van der Waals surface area contributed by atoms with E-state index in [9.17, 15) is 9.59 Å². The molecule has 3 aromatic rings. The smallest absolute Gasteiger partial charge is 0.328 e. The largest absolute Gasteiger partial charge is 0.467 e. The summed E-state index contributed by atoms with van der Waals surface area (Å²) >= 11 is 6.73. The second-order valence-electron chi connectivity index (χ2n) is 6.09. The van der Waals surface area contributed by atoms with Gasteiger partial charge in [0.05, 0.1) is 7.11 Å². The van der Waals surface area contributed by atoms with Crippen LogP contribution in [0, 0.1) is 0 Å². The van der Waals surface area contributed by atoms with E-state index < -0.39 is 12.0 Å². The molecule has 0 saturated heterocycles. The molecule has 27 heavy (non-hydrogen) atoms. The van der Waals surface area contributed by atoms with Gasteiger partial charge in [0.25, 0.3) is 5.91 Å². The van der Waals surface area contributed by atoms with Crippen molar-refractivity contribution >= 4 is 54.5 Å². The first-order chi connectivity index (χ1) is 13.0. The quantitative estimate of drug-likeness (QED) is 0.518. The highest BCUT2D eigenvalue weighted by Crippen LogP contribution is 2.21. The first-order valence-electron chi connectivity index (χ1n) is 8.29. The number of nitrogens with one attached hydrogen (secondary N) is 1. The maximum absolute atomic E-state index is 12.6. The lowest BCUT2D eigenvalue weighted by Crippen LogP contribution is -2.43. The molecule has 0 aliphatic heterocycles. The molecule has 6 heteroatoms. The van der Waals surface area contributed by atoms with Gasteiger partial charge in [-0.2, -0.15) is 0 Å². The van der Waals surface area contributed by atoms with Gasteiger partial charge in [0.1, 0.15) is 6.04 Å². The summed E-state index contributed by atoms with van der Waals surface area (Å²) in [5.41, 5.74) is 1.39. The van der Waals surface area contributed by atoms with E-state index in [1.165, 1.54) is 7.11 Å². The van der Waals surface area contributed by atoms with Crippen LogP contribution in [-0.4, -0.2) is 25.0 Å². The molecule has 0 unspecified atom stereocenters. The Morgan fingerprint density at radius 3 is 2.30 bits per heavy atom. The number of benzene rings is 3. The molecule has 1 atom stereocenters. The molecule has 4 nitrogen and oxygen atoms in total. The number of esters is 1. The van der Waals surface area contributed by atoms with Crippen LogP contribution in [0.25, 0.3) is 10.8 Å². The van der Waals surface area contributed by atoms with Crippen molar-refractivity contribution in [2.24, 2.45) is 0 Å². The molecule has 0 spiro atoms. The fraction of sp³-hybridized carbons (Fsp3) is 0.143. The van der Waals surface area contributed by atoms with Crippen LogP contribution in [-0.2, 0) is 16.0 Å². The second kappa shape index (κ2) is 8.67. The molecule has 0 heterocycles. The normalized spacial score (nSPS) is 11.8. The summed E-state index contributed by atoms with van der Waals surface area (Å²) < 4.78 is 6.42. The maximum atomic E-state index is 12.6. The minimum Gasteiger partial charge on any atom is -0.467 e. The van der Waals surface area contributed by atoms with Crippen LogP contribution in [0.15, 0.2) is 69.6 Å². The van der Waals surface area contributed by atoms with Gasteiger partial charge < -0.3 is 10.1 Å². The summed E-state index contributed by atoms with van der Waals surface area (Å²) in [5.74, 6) is -0.821. The van der Waals surface area contributed by atoms with Gasteiger partial charge in [0.15, 0.2) is 0 Å². The number of fused-ring (bicyclic) bond motifs is 1. The minimum atomic E-state index is -0.776. The standard InChI is InChI=1S/C21H17Br2NO3/c1-27-21(26)19(24-20(25)16-10-17(22)12-18(23)11-16)9-13-6-7-14-4-2-3-5-15(14)8-13/h2-8,10-12,19H,9H2,1H3,(H,24,25)/t19-/m0/s1. The fourth-order valence-corrected chi connectivity index (χ4v) is 4.16. The molecule has 1 N–H and O–H groups in total. The molecule has 0 fully saturated rings. The van der Waals surface area contributed by atoms with Crippen LogP contribution >= 0.6 is 31.9 Å². The third-order valence-corrected chi connectivity index (χ3v) is 5.09. The molecule has 138 valence electrons. The molecule has 0 aliphatic carbocycles. The second-order valence-corrected chi connectivity index (χ2v) is 7.92. The summed E-state index contributed by atoms with van der Waals surface area (Å²) in [6.45, 7) is 0. The Bertz CT molecular complexity index is 983. The summed E-state index contributed by atoms with van der Waals surface area (Å²) in [7, 11) is 1.32. The molecule has 0 radical (unpaired) electrons. The van der Waals surface area contributed by atoms with Crippen LogP contribution in [0.4, 0.5) is 0 Å². The van der Waals surface area contributed by atoms with E-state index >= 15 is 0 Å². The van der Waals surface area contributed by atoms with Gasteiger partial charge in [0.2, 0.25) is 0 Å². The molecule has 0 bridgehead atoms. The number of halogens is 2. The topological polar surface area (TPSA) is 55.4 Å². The van der Waals surface area contributed by atoms with E-state index in [4.69, 9.17) is 4.74 Å². The van der Waals surface area contributed by atoms with Gasteiger partial charge in [-0.25, -0.2) is 4.79 Å². The number of ether oxygens (including phenoxy) is 1. The Balaban J connectivity index is 1.82. The molecule has 3 aromatic carbocycles. The van der Waals surface area contributed by atoms with Gasteiger partial charge in [-0.1, -0.05) is 74.3 Å². The van der Waals surface area contributed by atoms with Crippen molar-refractivity contribution in [3.63, 3.8) is 0 Å². The zero-order chi connectivity index (χ0) is 19.4. The van der Waals surface area contributed by atoms with Gasteiger partial charge in [-0.05, 0) is 34.5 Å². The Morgan fingerprint density at radius 2 is 1.63 bits per heavy atom. The van der Waals surface area contributed by atoms with Crippen molar-refractivity contribution in [3.05, 3.63) is 80.7 Å². The van der Waals surface area contributed by atoms with Crippen molar-refractivity contribution in [3.8, 4) is 0 Å². The lowest BCUT2D eigenvalue weighted by molar-refractivity contribution is -0.142. The van der Waals surface area contributed by atoms with Crippen molar-refractivity contribution in [2.75, 3.05) is 7.11 Å². The van der Waals surface area contributed by atoms with E-state index in [-0.39, 0.29) is 5.91 Å². The lowest BCUT2D eigenvalue weighted by atomic mass is 10.0. The van der Waals surface area contributed by atoms with Crippen molar-refractivity contribution in [2.45, 2.75) is 12.5 Å². The fourth-order valence-electron chi connectivity index (χ4n) is 2.86. The van der Waals surface area contributed by atoms with Crippen molar-refractivity contribution < 1.29 is 14.3 Å². The predicted molar refractivity (Wildman–Crippen MR) is 113 cm³/mol. The molecule has 0 saturated carbocycles. The zero-order valence-electron chi connectivity index (χ0n) is 14.5. The van der Waals surface area contributed by atoms with E-state index in [1.54, 1.807) is 12.1 Å². The number of amides is 1. The molecule has 0 aromatic heterocycles. The highest BCUT2D eigenvalue weighted by molar-refractivity contribution is 9.11. The zero-order valence-corrected chi connectivity index (χ0v) is 17.7. The van der Waals surface area contributed by atoms with Gasteiger partial charge >= 0.3 is 5.97 Å². The molecule has 1 amide bonds. The van der Waals surface area contributed by atoms with Gasteiger partial charge in [-0.15, -0.1) is 0 Å². The Kier molecular flexibility index (Phi) is 6.29. The monoisotopic (exact) mass is 489 g/mol. The third-order valence-electron chi connectivity index (χ3n) is 4.17. The van der Waals surface area contributed by atoms with E-state index in [1.807, 2.05) is 48.5 Å².